The third kappa shape index (κ3) is 4.69. The van der Waals surface area contributed by atoms with Crippen molar-refractivity contribution in [2.75, 3.05) is 14.2 Å². The van der Waals surface area contributed by atoms with Gasteiger partial charge in [0.25, 0.3) is 15.9 Å². The number of esters is 2. The molecule has 11 heteroatoms. The largest absolute Gasteiger partial charge is 0.465 e. The van der Waals surface area contributed by atoms with Crippen molar-refractivity contribution in [3.63, 3.8) is 0 Å². The van der Waals surface area contributed by atoms with E-state index in [1.165, 1.54) is 6.07 Å². The first-order chi connectivity index (χ1) is 13.2. The summed E-state index contributed by atoms with van der Waals surface area (Å²) >= 11 is 0. The van der Waals surface area contributed by atoms with Gasteiger partial charge in [0.05, 0.1) is 30.2 Å². The van der Waals surface area contributed by atoms with Gasteiger partial charge in [-0.25, -0.2) is 22.4 Å². The van der Waals surface area contributed by atoms with Crippen LogP contribution in [0.15, 0.2) is 47.4 Å². The van der Waals surface area contributed by atoms with Gasteiger partial charge in [0, 0.05) is 5.56 Å². The average Bonchev–Trinajstić information content (AvgIpc) is 2.70. The molecule has 0 spiro atoms. The van der Waals surface area contributed by atoms with E-state index < -0.39 is 38.6 Å². The highest BCUT2D eigenvalue weighted by Gasteiger charge is 2.25. The number of hydrogen-bond acceptors (Lipinski definition) is 7. The lowest BCUT2D eigenvalue weighted by Gasteiger charge is -2.12. The number of hydrogen-bond donors (Lipinski definition) is 2. The smallest absolute Gasteiger partial charge is 0.339 e. The maximum absolute atomic E-state index is 12.9. The monoisotopic (exact) mass is 410 g/mol. The minimum absolute atomic E-state index is 0.0133. The Balaban J connectivity index is 2.34. The molecule has 0 atom stereocenters. The molecule has 2 N–H and O–H groups in total. The van der Waals surface area contributed by atoms with Gasteiger partial charge in [-0.15, -0.1) is 4.83 Å². The Hall–Kier alpha value is -3.31. The first-order valence-electron chi connectivity index (χ1n) is 7.58. The third-order valence-corrected chi connectivity index (χ3v) is 4.79. The molecular weight excluding hydrogens is 395 g/mol. The molecule has 1 amide bonds. The van der Waals surface area contributed by atoms with Gasteiger partial charge in [-0.3, -0.25) is 10.2 Å². The van der Waals surface area contributed by atoms with Crippen LogP contribution in [0.3, 0.4) is 0 Å². The number of amides is 1. The van der Waals surface area contributed by atoms with E-state index in [0.717, 1.165) is 50.6 Å². The van der Waals surface area contributed by atoms with E-state index in [4.69, 9.17) is 0 Å². The summed E-state index contributed by atoms with van der Waals surface area (Å²) in [6.07, 6.45) is 0. The average molecular weight is 410 g/mol. The van der Waals surface area contributed by atoms with Crippen molar-refractivity contribution in [3.05, 3.63) is 65.0 Å². The molecule has 0 bridgehead atoms. The van der Waals surface area contributed by atoms with E-state index in [2.05, 4.69) is 9.47 Å². The molecule has 0 unspecified atom stereocenters. The fourth-order valence-corrected chi connectivity index (χ4v) is 3.17. The van der Waals surface area contributed by atoms with Gasteiger partial charge in [0.2, 0.25) is 0 Å². The molecule has 0 aliphatic carbocycles. The normalized spacial score (nSPS) is 10.8. The van der Waals surface area contributed by atoms with Gasteiger partial charge in [-0.2, -0.15) is 0 Å². The highest BCUT2D eigenvalue weighted by Crippen LogP contribution is 2.19. The van der Waals surface area contributed by atoms with Crippen LogP contribution in [0, 0.1) is 5.82 Å². The Morgan fingerprint density at radius 2 is 1.46 bits per heavy atom. The number of sulfonamides is 1. The maximum atomic E-state index is 12.9. The number of nitrogens with one attached hydrogen (secondary N) is 2. The molecule has 0 saturated carbocycles. The highest BCUT2D eigenvalue weighted by atomic mass is 32.2. The quantitative estimate of drug-likeness (QED) is 0.538. The number of halogens is 1. The van der Waals surface area contributed by atoms with Gasteiger partial charge in [0.15, 0.2) is 0 Å². The summed E-state index contributed by atoms with van der Waals surface area (Å²) in [7, 11) is -2.33. The third-order valence-electron chi connectivity index (χ3n) is 3.50. The molecule has 2 aromatic carbocycles. The van der Waals surface area contributed by atoms with Crippen LogP contribution in [0.4, 0.5) is 4.39 Å². The number of carbonyl (C=O) groups excluding carboxylic acids is 3. The van der Waals surface area contributed by atoms with Crippen molar-refractivity contribution in [2.24, 2.45) is 0 Å². The zero-order valence-electron chi connectivity index (χ0n) is 14.7. The Morgan fingerprint density at radius 3 is 2.04 bits per heavy atom. The topological polar surface area (TPSA) is 128 Å². The summed E-state index contributed by atoms with van der Waals surface area (Å²) in [4.78, 5) is 36.7. The molecular formula is C17H15FN2O7S. The Labute approximate surface area is 159 Å². The number of hydrazine groups is 1. The predicted octanol–water partition coefficient (Wildman–Crippen LogP) is 1.02. The number of carbonyl (C=O) groups is 3. The molecule has 2 aromatic rings. The molecule has 0 fully saturated rings. The van der Waals surface area contributed by atoms with Gasteiger partial charge >= 0.3 is 11.9 Å². The number of benzene rings is 2. The Morgan fingerprint density at radius 1 is 0.893 bits per heavy atom. The standard InChI is InChI=1S/C17H15FN2O7S/c1-26-16(22)11-5-8-13(17(23)27-2)14(9-11)28(24,25)20-19-15(21)10-3-6-12(18)7-4-10/h3-9,20H,1-2H3,(H,19,21). The van der Waals surface area contributed by atoms with Crippen molar-refractivity contribution >= 4 is 27.9 Å². The van der Waals surface area contributed by atoms with Crippen molar-refractivity contribution < 1.29 is 36.7 Å². The summed E-state index contributed by atoms with van der Waals surface area (Å²) < 4.78 is 47.1. The van der Waals surface area contributed by atoms with Crippen LogP contribution < -0.4 is 10.3 Å². The van der Waals surface area contributed by atoms with E-state index >= 15 is 0 Å². The molecule has 28 heavy (non-hydrogen) atoms. The minimum atomic E-state index is -4.49. The maximum Gasteiger partial charge on any atom is 0.339 e. The number of ether oxygens (including phenoxy) is 2. The predicted molar refractivity (Wildman–Crippen MR) is 93.3 cm³/mol. The van der Waals surface area contributed by atoms with E-state index in [1.807, 2.05) is 10.3 Å². The number of methoxy groups -OCH3 is 2. The van der Waals surface area contributed by atoms with Crippen LogP contribution in [0.1, 0.15) is 31.1 Å². The van der Waals surface area contributed by atoms with E-state index in [0.29, 0.717) is 0 Å². The van der Waals surface area contributed by atoms with Crippen LogP contribution in [0.2, 0.25) is 0 Å². The lowest BCUT2D eigenvalue weighted by Crippen LogP contribution is -2.42. The summed E-state index contributed by atoms with van der Waals surface area (Å²) in [6, 6.07) is 7.53. The summed E-state index contributed by atoms with van der Waals surface area (Å²) in [6.45, 7) is 0. The molecule has 0 radical (unpaired) electrons. The second-order valence-corrected chi connectivity index (χ2v) is 6.91. The Bertz CT molecular complexity index is 1020. The van der Waals surface area contributed by atoms with Gasteiger partial charge < -0.3 is 9.47 Å². The second kappa shape index (κ2) is 8.59. The molecule has 0 aliphatic heterocycles. The number of rotatable bonds is 6. The van der Waals surface area contributed by atoms with E-state index in [-0.39, 0.29) is 16.7 Å². The van der Waals surface area contributed by atoms with Crippen LogP contribution >= 0.6 is 0 Å². The molecule has 9 nitrogen and oxygen atoms in total. The molecule has 2 rings (SSSR count). The zero-order chi connectivity index (χ0) is 20.9. The summed E-state index contributed by atoms with van der Waals surface area (Å²) in [5, 5.41) is 0. The van der Waals surface area contributed by atoms with Crippen molar-refractivity contribution in [1.29, 1.82) is 0 Å². The van der Waals surface area contributed by atoms with Crippen molar-refractivity contribution in [3.8, 4) is 0 Å². The van der Waals surface area contributed by atoms with Crippen LogP contribution in [0.25, 0.3) is 0 Å². The van der Waals surface area contributed by atoms with Crippen molar-refractivity contribution in [1.82, 2.24) is 10.3 Å². The van der Waals surface area contributed by atoms with Crippen LogP contribution in [-0.4, -0.2) is 40.5 Å². The van der Waals surface area contributed by atoms with Crippen LogP contribution in [-0.2, 0) is 19.5 Å². The van der Waals surface area contributed by atoms with Crippen LogP contribution in [0.5, 0.6) is 0 Å². The first-order valence-corrected chi connectivity index (χ1v) is 9.06. The lowest BCUT2D eigenvalue weighted by molar-refractivity contribution is 0.0583. The second-order valence-electron chi connectivity index (χ2n) is 5.26. The minimum Gasteiger partial charge on any atom is -0.465 e. The fraction of sp³-hybridized carbons (Fsp3) is 0.118. The molecule has 0 heterocycles. The molecule has 0 saturated heterocycles. The Kier molecular flexibility index (Phi) is 6.44. The molecule has 0 aromatic heterocycles. The SMILES string of the molecule is COC(=O)c1ccc(C(=O)OC)c(S(=O)(=O)NNC(=O)c2ccc(F)cc2)c1. The highest BCUT2D eigenvalue weighted by molar-refractivity contribution is 7.89. The lowest BCUT2D eigenvalue weighted by atomic mass is 10.1. The van der Waals surface area contributed by atoms with Gasteiger partial charge in [-0.1, -0.05) is 0 Å². The molecule has 0 aliphatic rings. The summed E-state index contributed by atoms with van der Waals surface area (Å²) in [5.41, 5.74) is 1.42. The zero-order valence-corrected chi connectivity index (χ0v) is 15.5. The van der Waals surface area contributed by atoms with Gasteiger partial charge in [0.1, 0.15) is 5.82 Å². The van der Waals surface area contributed by atoms with E-state index in [1.54, 1.807) is 0 Å². The van der Waals surface area contributed by atoms with E-state index in [9.17, 15) is 27.2 Å². The molecule has 148 valence electrons. The fourth-order valence-electron chi connectivity index (χ4n) is 2.11. The summed E-state index contributed by atoms with van der Waals surface area (Å²) in [5.74, 6) is -3.24. The van der Waals surface area contributed by atoms with Crippen molar-refractivity contribution in [2.45, 2.75) is 4.90 Å². The van der Waals surface area contributed by atoms with Gasteiger partial charge in [-0.05, 0) is 42.5 Å². The first kappa shape index (κ1) is 21.0.